The van der Waals surface area contributed by atoms with Gasteiger partial charge in [-0.15, -0.1) is 0 Å². The molecule has 168 valence electrons. The molecule has 0 saturated carbocycles. The Bertz CT molecular complexity index is 804. The van der Waals surface area contributed by atoms with Crippen molar-refractivity contribution in [1.29, 1.82) is 0 Å². The molecule has 2 atom stereocenters. The van der Waals surface area contributed by atoms with Gasteiger partial charge in [-0.1, -0.05) is 78.9 Å². The minimum Gasteiger partial charge on any atom is -0.499 e. The van der Waals surface area contributed by atoms with Gasteiger partial charge in [0.1, 0.15) is 0 Å². The lowest BCUT2D eigenvalue weighted by atomic mass is 9.90. The minimum atomic E-state index is -2.60. The fourth-order valence-electron chi connectivity index (χ4n) is 3.89. The number of benzene rings is 2. The normalized spacial score (nSPS) is 14.4. The van der Waals surface area contributed by atoms with Crippen LogP contribution in [-0.4, -0.2) is 31.7 Å². The van der Waals surface area contributed by atoms with Crippen LogP contribution in [0.4, 0.5) is 0 Å². The first-order valence-corrected chi connectivity index (χ1v) is 13.6. The Balaban J connectivity index is 2.46. The SMILES string of the molecule is C=C(C[C@@H](O)[C@](C)(CCC=C(C)C)O[Si](C)(c1ccccc1)c1ccccc1)OCC. The third-order valence-electron chi connectivity index (χ3n) is 5.75. The molecule has 31 heavy (non-hydrogen) atoms. The summed E-state index contributed by atoms with van der Waals surface area (Å²) in [4.78, 5) is 0. The van der Waals surface area contributed by atoms with Crippen LogP contribution in [0.3, 0.4) is 0 Å². The summed E-state index contributed by atoms with van der Waals surface area (Å²) in [5, 5.41) is 13.7. The monoisotopic (exact) mass is 438 g/mol. The van der Waals surface area contributed by atoms with Gasteiger partial charge in [0.15, 0.2) is 0 Å². The van der Waals surface area contributed by atoms with Gasteiger partial charge in [0.05, 0.1) is 24.1 Å². The van der Waals surface area contributed by atoms with Crippen molar-refractivity contribution in [3.63, 3.8) is 0 Å². The van der Waals surface area contributed by atoms with Gasteiger partial charge in [-0.25, -0.2) is 0 Å². The second-order valence-electron chi connectivity index (χ2n) is 8.69. The number of hydrogen-bond acceptors (Lipinski definition) is 3. The van der Waals surface area contributed by atoms with Crippen molar-refractivity contribution in [2.24, 2.45) is 0 Å². The molecule has 0 saturated heterocycles. The standard InChI is InChI=1S/C27H38O3Si/c1-7-29-23(4)21-26(28)27(5,20-14-15-22(2)3)30-31(6,24-16-10-8-11-17-24)25-18-12-9-13-19-25/h8-13,15-19,26,28H,4,7,14,20-21H2,1-3,5-6H3/t26-,27+/m1/s1. The van der Waals surface area contributed by atoms with Crippen LogP contribution in [0.5, 0.6) is 0 Å². The van der Waals surface area contributed by atoms with E-state index in [2.05, 4.69) is 81.6 Å². The summed E-state index contributed by atoms with van der Waals surface area (Å²) < 4.78 is 12.6. The predicted molar refractivity (Wildman–Crippen MR) is 133 cm³/mol. The molecule has 1 N–H and O–H groups in total. The van der Waals surface area contributed by atoms with Gasteiger partial charge in [-0.3, -0.25) is 0 Å². The number of allylic oxidation sites excluding steroid dienone is 2. The highest BCUT2D eigenvalue weighted by Gasteiger charge is 2.44. The lowest BCUT2D eigenvalue weighted by Crippen LogP contribution is -2.64. The van der Waals surface area contributed by atoms with Crippen LogP contribution >= 0.6 is 0 Å². The molecule has 0 spiro atoms. The largest absolute Gasteiger partial charge is 0.499 e. The zero-order valence-electron chi connectivity index (χ0n) is 19.7. The van der Waals surface area contributed by atoms with Crippen LogP contribution in [-0.2, 0) is 9.16 Å². The van der Waals surface area contributed by atoms with Crippen LogP contribution in [0.25, 0.3) is 0 Å². The summed E-state index contributed by atoms with van der Waals surface area (Å²) in [6, 6.07) is 20.8. The molecule has 2 aromatic carbocycles. The van der Waals surface area contributed by atoms with E-state index in [0.29, 0.717) is 25.2 Å². The fraction of sp³-hybridized carbons (Fsp3) is 0.407. The molecule has 0 amide bonds. The highest BCUT2D eigenvalue weighted by Crippen LogP contribution is 2.30. The number of hydrogen-bond donors (Lipinski definition) is 1. The van der Waals surface area contributed by atoms with Crippen LogP contribution < -0.4 is 10.4 Å². The summed E-state index contributed by atoms with van der Waals surface area (Å²) in [6.45, 7) is 14.9. The molecule has 0 radical (unpaired) electrons. The third kappa shape index (κ3) is 6.93. The topological polar surface area (TPSA) is 38.7 Å². The first-order chi connectivity index (χ1) is 14.7. The fourth-order valence-corrected chi connectivity index (χ4v) is 7.29. The Morgan fingerprint density at radius 1 is 1.06 bits per heavy atom. The first-order valence-electron chi connectivity index (χ1n) is 11.1. The van der Waals surface area contributed by atoms with Crippen molar-refractivity contribution < 1.29 is 14.3 Å². The minimum absolute atomic E-state index is 0.354. The Kier molecular flexibility index (Phi) is 9.29. The quantitative estimate of drug-likeness (QED) is 0.281. The highest BCUT2D eigenvalue weighted by atomic mass is 28.4. The summed E-state index contributed by atoms with van der Waals surface area (Å²) in [6.07, 6.45) is 3.38. The second kappa shape index (κ2) is 11.5. The van der Waals surface area contributed by atoms with E-state index in [1.807, 2.05) is 26.0 Å². The van der Waals surface area contributed by atoms with Gasteiger partial charge >= 0.3 is 0 Å². The number of rotatable bonds is 12. The molecule has 0 heterocycles. The summed E-state index contributed by atoms with van der Waals surface area (Å²) >= 11 is 0. The molecule has 2 aromatic rings. The second-order valence-corrected chi connectivity index (χ2v) is 12.1. The van der Waals surface area contributed by atoms with Crippen LogP contribution in [0.2, 0.25) is 6.55 Å². The summed E-state index contributed by atoms with van der Waals surface area (Å²) in [5.41, 5.74) is 0.514. The van der Waals surface area contributed by atoms with E-state index in [1.54, 1.807) is 0 Å². The van der Waals surface area contributed by atoms with E-state index < -0.39 is 20.0 Å². The molecule has 4 heteroatoms. The van der Waals surface area contributed by atoms with Crippen LogP contribution in [0, 0.1) is 0 Å². The van der Waals surface area contributed by atoms with Crippen molar-refractivity contribution in [3.8, 4) is 0 Å². The van der Waals surface area contributed by atoms with E-state index in [4.69, 9.17) is 9.16 Å². The zero-order valence-corrected chi connectivity index (χ0v) is 20.7. The van der Waals surface area contributed by atoms with Crippen molar-refractivity contribution in [1.82, 2.24) is 0 Å². The smallest absolute Gasteiger partial charge is 0.253 e. The first kappa shape index (κ1) is 25.1. The highest BCUT2D eigenvalue weighted by molar-refractivity contribution is 6.96. The maximum absolute atomic E-state index is 11.3. The lowest BCUT2D eigenvalue weighted by molar-refractivity contribution is -0.0549. The molecule has 0 aromatic heterocycles. The lowest BCUT2D eigenvalue weighted by Gasteiger charge is -2.43. The van der Waals surface area contributed by atoms with Gasteiger partial charge in [0.25, 0.3) is 8.32 Å². The van der Waals surface area contributed by atoms with E-state index in [9.17, 15) is 5.11 Å². The van der Waals surface area contributed by atoms with E-state index >= 15 is 0 Å². The van der Waals surface area contributed by atoms with Gasteiger partial charge in [0, 0.05) is 6.42 Å². The Hall–Kier alpha value is -2.14. The molecule has 0 aliphatic rings. The van der Waals surface area contributed by atoms with Crippen LogP contribution in [0.15, 0.2) is 84.7 Å². The number of aliphatic hydroxyl groups excluding tert-OH is 1. The third-order valence-corrected chi connectivity index (χ3v) is 9.50. The van der Waals surface area contributed by atoms with Crippen LogP contribution in [0.1, 0.15) is 47.0 Å². The van der Waals surface area contributed by atoms with Crippen molar-refractivity contribution in [3.05, 3.63) is 84.7 Å². The molecule has 0 aliphatic carbocycles. The van der Waals surface area contributed by atoms with Crippen molar-refractivity contribution in [2.45, 2.75) is 65.2 Å². The zero-order chi connectivity index (χ0) is 22.9. The Morgan fingerprint density at radius 2 is 1.58 bits per heavy atom. The maximum atomic E-state index is 11.3. The van der Waals surface area contributed by atoms with E-state index in [0.717, 1.165) is 6.42 Å². The molecule has 0 bridgehead atoms. The van der Waals surface area contributed by atoms with Crippen molar-refractivity contribution >= 4 is 18.7 Å². The average Bonchev–Trinajstić information content (AvgIpc) is 2.74. The van der Waals surface area contributed by atoms with Gasteiger partial charge in [-0.05, 0) is 57.5 Å². The maximum Gasteiger partial charge on any atom is 0.253 e. The molecular weight excluding hydrogens is 400 g/mol. The average molecular weight is 439 g/mol. The van der Waals surface area contributed by atoms with Gasteiger partial charge in [0.2, 0.25) is 0 Å². The molecule has 0 unspecified atom stereocenters. The predicted octanol–water partition coefficient (Wildman–Crippen LogP) is 5.20. The molecule has 0 aliphatic heterocycles. The summed E-state index contributed by atoms with van der Waals surface area (Å²) in [7, 11) is -2.60. The molecule has 0 fully saturated rings. The Morgan fingerprint density at radius 3 is 2.03 bits per heavy atom. The molecular formula is C27H38O3Si. The van der Waals surface area contributed by atoms with Gasteiger partial charge in [-0.2, -0.15) is 0 Å². The summed E-state index contributed by atoms with van der Waals surface area (Å²) in [5.74, 6) is 0.592. The van der Waals surface area contributed by atoms with Crippen molar-refractivity contribution in [2.75, 3.05) is 6.61 Å². The van der Waals surface area contributed by atoms with E-state index in [1.165, 1.54) is 15.9 Å². The van der Waals surface area contributed by atoms with E-state index in [-0.39, 0.29) is 0 Å². The number of ether oxygens (including phenoxy) is 1. The molecule has 2 rings (SSSR count). The Labute approximate surface area is 189 Å². The molecule has 3 nitrogen and oxygen atoms in total. The number of aliphatic hydroxyl groups is 1. The van der Waals surface area contributed by atoms with Gasteiger partial charge < -0.3 is 14.3 Å².